The van der Waals surface area contributed by atoms with Crippen molar-refractivity contribution in [1.82, 2.24) is 4.98 Å². The lowest BCUT2D eigenvalue weighted by Gasteiger charge is -2.09. The van der Waals surface area contributed by atoms with Gasteiger partial charge in [0.1, 0.15) is 17.4 Å². The van der Waals surface area contributed by atoms with Crippen molar-refractivity contribution in [3.63, 3.8) is 0 Å². The summed E-state index contributed by atoms with van der Waals surface area (Å²) >= 11 is 0. The number of nitriles is 1. The van der Waals surface area contributed by atoms with Gasteiger partial charge in [-0.3, -0.25) is 0 Å². The first-order valence-electron chi connectivity index (χ1n) is 5.31. The Bertz CT molecular complexity index is 585. The van der Waals surface area contributed by atoms with Crippen LogP contribution in [0.1, 0.15) is 16.7 Å². The summed E-state index contributed by atoms with van der Waals surface area (Å²) < 4.78 is 5.65. The highest BCUT2D eigenvalue weighted by Gasteiger charge is 2.07. The van der Waals surface area contributed by atoms with Gasteiger partial charge in [0.15, 0.2) is 0 Å². The Labute approximate surface area is 100 Å². The van der Waals surface area contributed by atoms with Crippen LogP contribution in [0.25, 0.3) is 0 Å². The molecule has 2 aromatic rings. The van der Waals surface area contributed by atoms with Crippen LogP contribution in [-0.2, 0) is 0 Å². The van der Waals surface area contributed by atoms with Crippen LogP contribution < -0.4 is 4.74 Å². The predicted molar refractivity (Wildman–Crippen MR) is 64.9 cm³/mol. The second-order valence-electron chi connectivity index (χ2n) is 3.84. The van der Waals surface area contributed by atoms with Crippen LogP contribution in [0.3, 0.4) is 0 Å². The predicted octanol–water partition coefficient (Wildman–Crippen LogP) is 3.36. The number of aryl methyl sites for hydroxylation is 2. The van der Waals surface area contributed by atoms with Crippen molar-refractivity contribution < 1.29 is 4.74 Å². The summed E-state index contributed by atoms with van der Waals surface area (Å²) in [6.45, 7) is 4.00. The SMILES string of the molecule is Cc1ccc(Oc2ncccc2C#N)c(C)c1. The molecule has 0 atom stereocenters. The monoisotopic (exact) mass is 224 g/mol. The fourth-order valence-electron chi connectivity index (χ4n) is 1.58. The van der Waals surface area contributed by atoms with Crippen LogP contribution in [0.2, 0.25) is 0 Å². The lowest BCUT2D eigenvalue weighted by molar-refractivity contribution is 0.457. The van der Waals surface area contributed by atoms with Gasteiger partial charge in [-0.1, -0.05) is 17.7 Å². The normalized spacial score (nSPS) is 9.71. The maximum Gasteiger partial charge on any atom is 0.237 e. The number of aromatic nitrogens is 1. The van der Waals surface area contributed by atoms with Crippen LogP contribution in [0, 0.1) is 25.2 Å². The first-order chi connectivity index (χ1) is 8.20. The summed E-state index contributed by atoms with van der Waals surface area (Å²) in [7, 11) is 0. The minimum atomic E-state index is 0.349. The van der Waals surface area contributed by atoms with Crippen LogP contribution in [0.15, 0.2) is 36.5 Å². The molecule has 0 saturated heterocycles. The lowest BCUT2D eigenvalue weighted by atomic mass is 10.1. The average molecular weight is 224 g/mol. The minimum absolute atomic E-state index is 0.349. The summed E-state index contributed by atoms with van der Waals surface area (Å²) in [5.74, 6) is 1.08. The van der Waals surface area contributed by atoms with Gasteiger partial charge in [-0.05, 0) is 37.6 Å². The Morgan fingerprint density at radius 3 is 2.76 bits per heavy atom. The van der Waals surface area contributed by atoms with E-state index in [1.54, 1.807) is 18.3 Å². The fraction of sp³-hybridized carbons (Fsp3) is 0.143. The molecule has 17 heavy (non-hydrogen) atoms. The van der Waals surface area contributed by atoms with E-state index < -0.39 is 0 Å². The molecular formula is C14H12N2O. The largest absolute Gasteiger partial charge is 0.437 e. The third kappa shape index (κ3) is 2.43. The van der Waals surface area contributed by atoms with E-state index >= 15 is 0 Å². The number of ether oxygens (including phenoxy) is 1. The van der Waals surface area contributed by atoms with Crippen molar-refractivity contribution in [2.24, 2.45) is 0 Å². The summed E-state index contributed by atoms with van der Waals surface area (Å²) in [4.78, 5) is 4.06. The van der Waals surface area contributed by atoms with Crippen molar-refractivity contribution in [1.29, 1.82) is 5.26 Å². The van der Waals surface area contributed by atoms with Gasteiger partial charge in [-0.25, -0.2) is 4.98 Å². The van der Waals surface area contributed by atoms with Gasteiger partial charge in [0.25, 0.3) is 0 Å². The molecule has 1 aromatic heterocycles. The van der Waals surface area contributed by atoms with E-state index in [9.17, 15) is 0 Å². The molecule has 0 aliphatic rings. The zero-order valence-corrected chi connectivity index (χ0v) is 9.77. The molecule has 2 rings (SSSR count). The van der Waals surface area contributed by atoms with Crippen LogP contribution in [0.5, 0.6) is 11.6 Å². The molecule has 0 spiro atoms. The number of hydrogen-bond donors (Lipinski definition) is 0. The zero-order valence-electron chi connectivity index (χ0n) is 9.77. The van der Waals surface area contributed by atoms with Gasteiger partial charge < -0.3 is 4.74 Å². The highest BCUT2D eigenvalue weighted by Crippen LogP contribution is 2.26. The van der Waals surface area contributed by atoms with Gasteiger partial charge in [-0.15, -0.1) is 0 Å². The first kappa shape index (κ1) is 11.2. The van der Waals surface area contributed by atoms with E-state index in [-0.39, 0.29) is 0 Å². The Morgan fingerprint density at radius 2 is 2.06 bits per heavy atom. The molecule has 3 heteroatoms. The lowest BCUT2D eigenvalue weighted by Crippen LogP contribution is -1.93. The Hall–Kier alpha value is -2.34. The molecule has 0 aliphatic heterocycles. The third-order valence-electron chi connectivity index (χ3n) is 2.43. The molecule has 0 bridgehead atoms. The number of nitrogens with zero attached hydrogens (tertiary/aromatic N) is 2. The van der Waals surface area contributed by atoms with Crippen LogP contribution >= 0.6 is 0 Å². The van der Waals surface area contributed by atoms with E-state index in [1.807, 2.05) is 32.0 Å². The van der Waals surface area contributed by atoms with Crippen LogP contribution in [0.4, 0.5) is 0 Å². The second kappa shape index (κ2) is 4.67. The maximum absolute atomic E-state index is 8.94. The Balaban J connectivity index is 2.35. The quantitative estimate of drug-likeness (QED) is 0.785. The van der Waals surface area contributed by atoms with Crippen molar-refractivity contribution >= 4 is 0 Å². The molecule has 0 amide bonds. The van der Waals surface area contributed by atoms with E-state index in [2.05, 4.69) is 11.1 Å². The highest BCUT2D eigenvalue weighted by molar-refractivity contribution is 5.43. The Morgan fingerprint density at radius 1 is 1.24 bits per heavy atom. The molecular weight excluding hydrogens is 212 g/mol. The fourth-order valence-corrected chi connectivity index (χ4v) is 1.58. The third-order valence-corrected chi connectivity index (χ3v) is 2.43. The topological polar surface area (TPSA) is 45.9 Å². The van der Waals surface area contributed by atoms with Crippen molar-refractivity contribution in [2.75, 3.05) is 0 Å². The second-order valence-corrected chi connectivity index (χ2v) is 3.84. The average Bonchev–Trinajstić information content (AvgIpc) is 2.33. The number of rotatable bonds is 2. The van der Waals surface area contributed by atoms with E-state index in [4.69, 9.17) is 10.00 Å². The van der Waals surface area contributed by atoms with Crippen molar-refractivity contribution in [3.05, 3.63) is 53.2 Å². The molecule has 0 radical (unpaired) electrons. The zero-order chi connectivity index (χ0) is 12.3. The van der Waals surface area contributed by atoms with Gasteiger partial charge >= 0.3 is 0 Å². The molecule has 1 aromatic carbocycles. The summed E-state index contributed by atoms with van der Waals surface area (Å²) in [5, 5.41) is 8.94. The van der Waals surface area contributed by atoms with Crippen LogP contribution in [-0.4, -0.2) is 4.98 Å². The molecule has 3 nitrogen and oxygen atoms in total. The standard InChI is InChI=1S/C14H12N2O/c1-10-5-6-13(11(2)8-10)17-14-12(9-15)4-3-7-16-14/h3-8H,1-2H3. The van der Waals surface area contributed by atoms with Gasteiger partial charge in [0, 0.05) is 6.20 Å². The summed E-state index contributed by atoms with van der Waals surface area (Å²) in [5.41, 5.74) is 2.64. The van der Waals surface area contributed by atoms with E-state index in [0.29, 0.717) is 11.4 Å². The van der Waals surface area contributed by atoms with E-state index in [0.717, 1.165) is 11.3 Å². The minimum Gasteiger partial charge on any atom is -0.437 e. The molecule has 0 saturated carbocycles. The highest BCUT2D eigenvalue weighted by atomic mass is 16.5. The molecule has 1 heterocycles. The summed E-state index contributed by atoms with van der Waals surface area (Å²) in [6, 6.07) is 11.4. The number of pyridine rings is 1. The van der Waals surface area contributed by atoms with Crippen molar-refractivity contribution in [3.8, 4) is 17.7 Å². The first-order valence-corrected chi connectivity index (χ1v) is 5.31. The molecule has 0 aliphatic carbocycles. The van der Waals surface area contributed by atoms with Crippen molar-refractivity contribution in [2.45, 2.75) is 13.8 Å². The van der Waals surface area contributed by atoms with Gasteiger partial charge in [0.05, 0.1) is 0 Å². The molecule has 0 unspecified atom stereocenters. The molecule has 0 fully saturated rings. The van der Waals surface area contributed by atoms with Gasteiger partial charge in [-0.2, -0.15) is 5.26 Å². The number of benzene rings is 1. The summed E-state index contributed by atoms with van der Waals surface area (Å²) in [6.07, 6.45) is 1.61. The van der Waals surface area contributed by atoms with Gasteiger partial charge in [0.2, 0.25) is 5.88 Å². The molecule has 0 N–H and O–H groups in total. The number of hydrogen-bond acceptors (Lipinski definition) is 3. The smallest absolute Gasteiger partial charge is 0.237 e. The Kier molecular flexibility index (Phi) is 3.06. The molecule has 84 valence electrons. The maximum atomic E-state index is 8.94. The van der Waals surface area contributed by atoms with E-state index in [1.165, 1.54) is 5.56 Å².